The van der Waals surface area contributed by atoms with Crippen molar-refractivity contribution in [2.24, 2.45) is 0 Å². The number of aliphatic hydroxyl groups excluding tert-OH is 6. The normalized spacial score (nSPS) is 41.1. The summed E-state index contributed by atoms with van der Waals surface area (Å²) in [5.74, 6) is -1.32. The van der Waals surface area contributed by atoms with Crippen LogP contribution in [0.4, 0.5) is 0 Å². The smallest absolute Gasteiger partial charge is 0.394 e. The Balaban J connectivity index is 2.05. The van der Waals surface area contributed by atoms with Crippen molar-refractivity contribution in [2.45, 2.75) is 75.1 Å². The lowest BCUT2D eigenvalue weighted by atomic mass is 9.97. The van der Waals surface area contributed by atoms with Gasteiger partial charge in [-0.25, -0.2) is 4.57 Å². The molecule has 11 atom stereocenters. The predicted octanol–water partition coefficient (Wildman–Crippen LogP) is -4.99. The molecular weight excluding hydrogens is 475 g/mol. The van der Waals surface area contributed by atoms with E-state index >= 15 is 0 Å². The Morgan fingerprint density at radius 2 is 1.39 bits per heavy atom. The maximum Gasteiger partial charge on any atom is 0.474 e. The molecule has 2 rings (SSSR count). The van der Waals surface area contributed by atoms with Crippen molar-refractivity contribution >= 4 is 19.6 Å². The van der Waals surface area contributed by atoms with Crippen molar-refractivity contribution in [3.8, 4) is 0 Å². The third kappa shape index (κ3) is 7.11. The van der Waals surface area contributed by atoms with Gasteiger partial charge in [0, 0.05) is 13.8 Å². The Labute approximate surface area is 187 Å². The largest absolute Gasteiger partial charge is 0.474 e. The summed E-state index contributed by atoms with van der Waals surface area (Å²) in [6.45, 7) is 0.492. The van der Waals surface area contributed by atoms with Crippen LogP contribution in [0.25, 0.3) is 0 Å². The molecule has 2 heterocycles. The molecule has 16 nitrogen and oxygen atoms in total. The second-order valence-corrected chi connectivity index (χ2v) is 8.98. The summed E-state index contributed by atoms with van der Waals surface area (Å²) in [7, 11) is -5.07. The van der Waals surface area contributed by atoms with Gasteiger partial charge >= 0.3 is 7.82 Å². The zero-order valence-corrected chi connectivity index (χ0v) is 18.5. The van der Waals surface area contributed by atoms with Crippen LogP contribution in [0.3, 0.4) is 0 Å². The quantitative estimate of drug-likeness (QED) is 0.140. The highest BCUT2D eigenvalue weighted by atomic mass is 31.2. The van der Waals surface area contributed by atoms with Crippen molar-refractivity contribution in [2.75, 3.05) is 13.2 Å². The Hall–Kier alpha value is -1.27. The highest BCUT2D eigenvalue weighted by Gasteiger charge is 2.49. The van der Waals surface area contributed by atoms with Gasteiger partial charge in [0.15, 0.2) is 12.6 Å². The Bertz CT molecular complexity index is 742. The Kier molecular flexibility index (Phi) is 9.70. The van der Waals surface area contributed by atoms with E-state index in [1.54, 1.807) is 0 Å². The molecule has 0 aromatic rings. The van der Waals surface area contributed by atoms with Crippen LogP contribution in [0.1, 0.15) is 13.8 Å². The minimum Gasteiger partial charge on any atom is -0.394 e. The fraction of sp³-hybridized carbons (Fsp3) is 0.875. The van der Waals surface area contributed by atoms with E-state index in [1.807, 2.05) is 0 Å². The summed E-state index contributed by atoms with van der Waals surface area (Å²) < 4.78 is 32.2. The van der Waals surface area contributed by atoms with Gasteiger partial charge in [-0.1, -0.05) is 0 Å². The van der Waals surface area contributed by atoms with Crippen LogP contribution in [0, 0.1) is 0 Å². The van der Waals surface area contributed by atoms with Crippen LogP contribution in [0.5, 0.6) is 0 Å². The van der Waals surface area contributed by atoms with Crippen LogP contribution in [0.15, 0.2) is 0 Å². The number of aliphatic hydroxyl groups is 6. The standard InChI is InChI=1S/C16H29N2O14P/c1-5(20)17-9-13(24)12(23)8(30-15(9)26)4-29-33(27,28)32-16-10(18-6(2)21)14(25)11(22)7(3-19)31-16/h7-16,19,22-26H,3-4H2,1-2H3,(H,17,20)(H,18,21)(H,27,28)/t7-,8-,9-,10-,11-,12-,13-,14-,15?,16?/m1/s1. The first-order chi connectivity index (χ1) is 15.3. The van der Waals surface area contributed by atoms with Crippen LogP contribution in [-0.2, 0) is 32.7 Å². The van der Waals surface area contributed by atoms with Gasteiger partial charge in [-0.2, -0.15) is 0 Å². The van der Waals surface area contributed by atoms with Gasteiger partial charge in [-0.15, -0.1) is 0 Å². The SMILES string of the molecule is CC(=O)N[C@H]1C(O)O[C@H](COP(=O)(O)OC2O[C@H](CO)[C@@H](O)[C@H](O)[C@H]2NC(C)=O)[C@@H](O)[C@@H]1O. The Morgan fingerprint density at radius 3 is 1.94 bits per heavy atom. The number of phosphoric acid groups is 1. The number of phosphoric ester groups is 1. The molecule has 2 aliphatic rings. The minimum atomic E-state index is -5.07. The van der Waals surface area contributed by atoms with Crippen molar-refractivity contribution in [3.05, 3.63) is 0 Å². The van der Waals surface area contributed by atoms with E-state index in [9.17, 15) is 49.7 Å². The minimum absolute atomic E-state index is 0.619. The van der Waals surface area contributed by atoms with Crippen molar-refractivity contribution in [3.63, 3.8) is 0 Å². The summed E-state index contributed by atoms with van der Waals surface area (Å²) in [5.41, 5.74) is 0. The molecule has 17 heteroatoms. The number of carbonyl (C=O) groups is 2. The molecule has 33 heavy (non-hydrogen) atoms. The second-order valence-electron chi connectivity index (χ2n) is 7.58. The van der Waals surface area contributed by atoms with Crippen molar-refractivity contribution < 1.29 is 68.2 Å². The number of carbonyl (C=O) groups excluding carboxylic acids is 2. The van der Waals surface area contributed by atoms with E-state index < -0.39 is 94.1 Å². The number of hydrogen-bond donors (Lipinski definition) is 9. The van der Waals surface area contributed by atoms with Gasteiger partial charge in [0.2, 0.25) is 11.8 Å². The van der Waals surface area contributed by atoms with E-state index in [0.29, 0.717) is 0 Å². The third-order valence-corrected chi connectivity index (χ3v) is 5.93. The summed E-state index contributed by atoms with van der Waals surface area (Å²) >= 11 is 0. The van der Waals surface area contributed by atoms with Crippen molar-refractivity contribution in [1.29, 1.82) is 0 Å². The van der Waals surface area contributed by atoms with Crippen molar-refractivity contribution in [1.82, 2.24) is 10.6 Å². The monoisotopic (exact) mass is 504 g/mol. The first-order valence-corrected chi connectivity index (χ1v) is 11.3. The first-order valence-electron chi connectivity index (χ1n) is 9.79. The predicted molar refractivity (Wildman–Crippen MR) is 103 cm³/mol. The second kappa shape index (κ2) is 11.4. The maximum absolute atomic E-state index is 12.4. The summed E-state index contributed by atoms with van der Waals surface area (Å²) in [6.07, 6.45) is -13.4. The highest BCUT2D eigenvalue weighted by Crippen LogP contribution is 2.47. The molecule has 0 aliphatic carbocycles. The fourth-order valence-electron chi connectivity index (χ4n) is 3.36. The highest BCUT2D eigenvalue weighted by molar-refractivity contribution is 7.47. The molecule has 3 unspecified atom stereocenters. The van der Waals surface area contributed by atoms with Gasteiger partial charge < -0.3 is 55.6 Å². The zero-order valence-electron chi connectivity index (χ0n) is 17.6. The van der Waals surface area contributed by atoms with E-state index in [2.05, 4.69) is 10.6 Å². The lowest BCUT2D eigenvalue weighted by molar-refractivity contribution is -0.257. The lowest BCUT2D eigenvalue weighted by Crippen LogP contribution is -2.64. The number of hydrogen-bond acceptors (Lipinski definition) is 13. The van der Waals surface area contributed by atoms with E-state index in [4.69, 9.17) is 18.5 Å². The summed E-state index contributed by atoms with van der Waals surface area (Å²) in [5, 5.41) is 63.9. The zero-order chi connectivity index (χ0) is 25.1. The molecule has 0 spiro atoms. The topological polar surface area (TPSA) is 254 Å². The molecule has 0 radical (unpaired) electrons. The van der Waals surface area contributed by atoms with Crippen LogP contribution >= 0.6 is 7.82 Å². The van der Waals surface area contributed by atoms with E-state index in [-0.39, 0.29) is 0 Å². The van der Waals surface area contributed by atoms with Gasteiger partial charge in [0.1, 0.15) is 48.7 Å². The molecule has 0 aromatic heterocycles. The summed E-state index contributed by atoms with van der Waals surface area (Å²) in [4.78, 5) is 32.6. The molecule has 2 fully saturated rings. The van der Waals surface area contributed by atoms with Crippen LogP contribution < -0.4 is 10.6 Å². The molecule has 2 amide bonds. The van der Waals surface area contributed by atoms with Crippen LogP contribution in [-0.4, -0.2) is 122 Å². The molecule has 0 aromatic carbocycles. The first kappa shape index (κ1) is 28.0. The van der Waals surface area contributed by atoms with Gasteiger partial charge in [-0.05, 0) is 0 Å². The van der Waals surface area contributed by atoms with Gasteiger partial charge in [-0.3, -0.25) is 18.6 Å². The van der Waals surface area contributed by atoms with E-state index in [0.717, 1.165) is 13.8 Å². The third-order valence-electron chi connectivity index (χ3n) is 4.98. The number of rotatable bonds is 8. The number of amides is 2. The molecule has 9 N–H and O–H groups in total. The molecule has 0 bridgehead atoms. The summed E-state index contributed by atoms with van der Waals surface area (Å²) in [6, 6.07) is -2.90. The molecule has 2 aliphatic heterocycles. The number of nitrogens with one attached hydrogen (secondary N) is 2. The Morgan fingerprint density at radius 1 is 0.879 bits per heavy atom. The molecule has 0 saturated carbocycles. The molecule has 192 valence electrons. The van der Waals surface area contributed by atoms with E-state index in [1.165, 1.54) is 0 Å². The lowest BCUT2D eigenvalue weighted by Gasteiger charge is -2.42. The van der Waals surface area contributed by atoms with Gasteiger partial charge in [0.05, 0.1) is 13.2 Å². The van der Waals surface area contributed by atoms with Crippen LogP contribution in [0.2, 0.25) is 0 Å². The average Bonchev–Trinajstić information content (AvgIpc) is 2.71. The maximum atomic E-state index is 12.4. The molecule has 2 saturated heterocycles. The number of ether oxygens (including phenoxy) is 2. The average molecular weight is 504 g/mol. The fourth-order valence-corrected chi connectivity index (χ4v) is 4.20. The molecular formula is C16H29N2O14P. The van der Waals surface area contributed by atoms with Gasteiger partial charge in [0.25, 0.3) is 0 Å².